The Morgan fingerprint density at radius 2 is 1.80 bits per heavy atom. The van der Waals surface area contributed by atoms with Gasteiger partial charge in [-0.3, -0.25) is 9.59 Å². The number of carbonyl (C=O) groups is 2. The van der Waals surface area contributed by atoms with E-state index in [0.29, 0.717) is 29.4 Å². The zero-order valence-corrected chi connectivity index (χ0v) is 26.5. The van der Waals surface area contributed by atoms with E-state index in [1.807, 2.05) is 13.8 Å². The smallest absolute Gasteiger partial charge is 0.313 e. The molecule has 5 rings (SSSR count). The summed E-state index contributed by atoms with van der Waals surface area (Å²) in [6, 6.07) is 2.11. The minimum absolute atomic E-state index is 0.00936. The maximum absolute atomic E-state index is 13.7. The van der Waals surface area contributed by atoms with Crippen LogP contribution < -0.4 is 5.32 Å². The van der Waals surface area contributed by atoms with E-state index in [4.69, 9.17) is 9.47 Å². The third kappa shape index (κ3) is 6.09. The minimum atomic E-state index is -0.794. The molecule has 2 atom stereocenters. The molecule has 4 aliphatic rings. The molecule has 1 spiro atoms. The predicted octanol–water partition coefficient (Wildman–Crippen LogP) is 7.25. The average molecular weight is 565 g/mol. The number of esters is 1. The van der Waals surface area contributed by atoms with E-state index in [9.17, 15) is 9.59 Å². The van der Waals surface area contributed by atoms with Crippen molar-refractivity contribution in [1.29, 1.82) is 0 Å². The molecule has 3 fully saturated rings. The van der Waals surface area contributed by atoms with Crippen LogP contribution in [0.1, 0.15) is 115 Å². The third-order valence-electron chi connectivity index (χ3n) is 10.3. The molecular formula is C35H52N2O4. The molecular weight excluding hydrogens is 512 g/mol. The zero-order chi connectivity index (χ0) is 29.6. The molecule has 2 heterocycles. The van der Waals surface area contributed by atoms with Crippen LogP contribution in [-0.2, 0) is 20.8 Å². The second kappa shape index (κ2) is 11.4. The fraction of sp³-hybridized carbons (Fsp3) is 0.714. The number of hydrogen-bond acceptors (Lipinski definition) is 4. The van der Waals surface area contributed by atoms with Gasteiger partial charge in [0.25, 0.3) is 5.91 Å². The van der Waals surface area contributed by atoms with Crippen molar-refractivity contribution in [2.45, 2.75) is 112 Å². The standard InChI is InChI=1S/C35H52N2O4/c1-8-40-32(39)34(6,7)22-36-31(38)26-20-29(37(23(26)2)21-24-12-10-9-11-13-24)25-18-27(33(3,4)5)30-28(19-25)35(14-15-35)16-17-41-30/h18-20,24,28,30H,8-17,21-22H2,1-7H3,(H,36,38). The lowest BCUT2D eigenvalue weighted by molar-refractivity contribution is -0.153. The number of ether oxygens (including phenoxy) is 2. The molecule has 1 amide bonds. The first-order valence-corrected chi connectivity index (χ1v) is 16.1. The summed E-state index contributed by atoms with van der Waals surface area (Å²) >= 11 is 0. The van der Waals surface area contributed by atoms with Crippen LogP contribution in [0, 0.1) is 35.0 Å². The van der Waals surface area contributed by atoms with E-state index in [-0.39, 0.29) is 29.9 Å². The summed E-state index contributed by atoms with van der Waals surface area (Å²) < 4.78 is 14.1. The van der Waals surface area contributed by atoms with Crippen LogP contribution in [0.3, 0.4) is 0 Å². The number of allylic oxidation sites excluding steroid dienone is 2. The van der Waals surface area contributed by atoms with Gasteiger partial charge in [-0.05, 0) is 93.8 Å². The Morgan fingerprint density at radius 3 is 2.44 bits per heavy atom. The molecule has 2 saturated carbocycles. The second-order valence-corrected chi connectivity index (χ2v) is 14.8. The van der Waals surface area contributed by atoms with Crippen molar-refractivity contribution in [2.75, 3.05) is 19.8 Å². The van der Waals surface area contributed by atoms with Crippen LogP contribution in [-0.4, -0.2) is 42.3 Å². The maximum atomic E-state index is 13.7. The summed E-state index contributed by atoms with van der Waals surface area (Å²) in [6.45, 7) is 16.8. The molecule has 1 aliphatic heterocycles. The lowest BCUT2D eigenvalue weighted by Crippen LogP contribution is -2.42. The molecule has 1 aromatic heterocycles. The number of hydrogen-bond donors (Lipinski definition) is 1. The van der Waals surface area contributed by atoms with Gasteiger partial charge in [0.15, 0.2) is 0 Å². The van der Waals surface area contributed by atoms with Crippen molar-refractivity contribution in [3.63, 3.8) is 0 Å². The van der Waals surface area contributed by atoms with Gasteiger partial charge in [0.05, 0.1) is 23.7 Å². The van der Waals surface area contributed by atoms with Crippen LogP contribution in [0.15, 0.2) is 23.8 Å². The number of fused-ring (bicyclic) bond motifs is 2. The normalized spacial score (nSPS) is 24.4. The lowest BCUT2D eigenvalue weighted by atomic mass is 9.68. The fourth-order valence-electron chi connectivity index (χ4n) is 7.34. The number of rotatable bonds is 8. The third-order valence-corrected chi connectivity index (χ3v) is 10.3. The Kier molecular flexibility index (Phi) is 8.37. The number of carbonyl (C=O) groups excluding carboxylic acids is 2. The quantitative estimate of drug-likeness (QED) is 0.338. The van der Waals surface area contributed by atoms with Crippen molar-refractivity contribution in [3.8, 4) is 0 Å². The molecule has 1 N–H and O–H groups in total. The molecule has 226 valence electrons. The van der Waals surface area contributed by atoms with Crippen molar-refractivity contribution >= 4 is 17.4 Å². The summed E-state index contributed by atoms with van der Waals surface area (Å²) in [6.07, 6.45) is 15.1. The van der Waals surface area contributed by atoms with Crippen LogP contribution in [0.5, 0.6) is 0 Å². The monoisotopic (exact) mass is 564 g/mol. The molecule has 41 heavy (non-hydrogen) atoms. The number of nitrogens with one attached hydrogen (secondary N) is 1. The van der Waals surface area contributed by atoms with Gasteiger partial charge in [-0.25, -0.2) is 0 Å². The zero-order valence-electron chi connectivity index (χ0n) is 26.5. The van der Waals surface area contributed by atoms with E-state index >= 15 is 0 Å². The topological polar surface area (TPSA) is 69.6 Å². The van der Waals surface area contributed by atoms with Crippen molar-refractivity contribution in [2.24, 2.45) is 28.1 Å². The SMILES string of the molecule is CCOC(=O)C(C)(C)CNC(=O)c1cc(C2=CC3C(OCCC34CC4)C(C(C)(C)C)=C2)n(CC2CCCCC2)c1C. The van der Waals surface area contributed by atoms with Gasteiger partial charge < -0.3 is 19.4 Å². The van der Waals surface area contributed by atoms with E-state index in [0.717, 1.165) is 31.0 Å². The Hall–Kier alpha value is -2.34. The highest BCUT2D eigenvalue weighted by Crippen LogP contribution is 2.62. The highest BCUT2D eigenvalue weighted by Gasteiger charge is 2.55. The van der Waals surface area contributed by atoms with Gasteiger partial charge in [0.1, 0.15) is 0 Å². The minimum Gasteiger partial charge on any atom is -0.466 e. The Balaban J connectivity index is 1.52. The summed E-state index contributed by atoms with van der Waals surface area (Å²) in [7, 11) is 0. The van der Waals surface area contributed by atoms with Crippen LogP contribution in [0.2, 0.25) is 0 Å². The van der Waals surface area contributed by atoms with Crippen LogP contribution in [0.25, 0.3) is 5.57 Å². The highest BCUT2D eigenvalue weighted by atomic mass is 16.5. The second-order valence-electron chi connectivity index (χ2n) is 14.8. The summed E-state index contributed by atoms with van der Waals surface area (Å²) in [4.78, 5) is 26.1. The Labute approximate surface area is 247 Å². The average Bonchev–Trinajstić information content (AvgIpc) is 3.63. The number of aromatic nitrogens is 1. The van der Waals surface area contributed by atoms with Crippen molar-refractivity contribution in [3.05, 3.63) is 40.7 Å². The maximum Gasteiger partial charge on any atom is 0.313 e. The first-order valence-electron chi connectivity index (χ1n) is 16.1. The molecule has 2 unspecified atom stereocenters. The van der Waals surface area contributed by atoms with Gasteiger partial charge in [0, 0.05) is 37.0 Å². The van der Waals surface area contributed by atoms with E-state index < -0.39 is 5.41 Å². The van der Waals surface area contributed by atoms with Gasteiger partial charge in [-0.2, -0.15) is 0 Å². The first-order chi connectivity index (χ1) is 19.4. The Bertz CT molecular complexity index is 1220. The molecule has 6 nitrogen and oxygen atoms in total. The summed E-state index contributed by atoms with van der Waals surface area (Å²) in [5, 5.41) is 3.06. The largest absolute Gasteiger partial charge is 0.466 e. The van der Waals surface area contributed by atoms with Gasteiger partial charge >= 0.3 is 5.97 Å². The molecule has 1 saturated heterocycles. The van der Waals surface area contributed by atoms with Gasteiger partial charge in [-0.1, -0.05) is 52.2 Å². The predicted molar refractivity (Wildman–Crippen MR) is 164 cm³/mol. The number of amides is 1. The van der Waals surface area contributed by atoms with Crippen LogP contribution in [0.4, 0.5) is 0 Å². The molecule has 0 bridgehead atoms. The lowest BCUT2D eigenvalue weighted by Gasteiger charge is -2.44. The van der Waals surface area contributed by atoms with Gasteiger partial charge in [-0.15, -0.1) is 0 Å². The van der Waals surface area contributed by atoms with E-state index in [2.05, 4.69) is 55.8 Å². The molecule has 1 aromatic rings. The van der Waals surface area contributed by atoms with Crippen LogP contribution >= 0.6 is 0 Å². The fourth-order valence-corrected chi connectivity index (χ4v) is 7.34. The molecule has 0 aromatic carbocycles. The summed E-state index contributed by atoms with van der Waals surface area (Å²) in [5.41, 5.74) is 5.02. The Morgan fingerprint density at radius 1 is 1.10 bits per heavy atom. The van der Waals surface area contributed by atoms with Crippen molar-refractivity contribution < 1.29 is 19.1 Å². The molecule has 6 heteroatoms. The van der Waals surface area contributed by atoms with E-state index in [1.54, 1.807) is 6.92 Å². The highest BCUT2D eigenvalue weighted by molar-refractivity contribution is 5.97. The van der Waals surface area contributed by atoms with E-state index in [1.165, 1.54) is 56.1 Å². The van der Waals surface area contributed by atoms with Gasteiger partial charge in [0.2, 0.25) is 0 Å². The number of nitrogens with zero attached hydrogens (tertiary/aromatic N) is 1. The van der Waals surface area contributed by atoms with Crippen molar-refractivity contribution in [1.82, 2.24) is 9.88 Å². The molecule has 3 aliphatic carbocycles. The first kappa shape index (κ1) is 30.1. The molecule has 0 radical (unpaired) electrons. The summed E-state index contributed by atoms with van der Waals surface area (Å²) in [5.74, 6) is 0.588.